The fourth-order valence-corrected chi connectivity index (χ4v) is 5.12. The van der Waals surface area contributed by atoms with Crippen molar-refractivity contribution >= 4 is 29.7 Å². The minimum Gasteiger partial charge on any atom is -0.483 e. The second-order valence-corrected chi connectivity index (χ2v) is 9.89. The van der Waals surface area contributed by atoms with Gasteiger partial charge in [-0.3, -0.25) is 19.2 Å². The Labute approximate surface area is 219 Å². The smallest absolute Gasteiger partial charge is 0.387 e. The third kappa shape index (κ3) is 6.58. The lowest BCUT2D eigenvalue weighted by Gasteiger charge is -2.48. The lowest BCUT2D eigenvalue weighted by molar-refractivity contribution is -0.129. The topological polar surface area (TPSA) is 106 Å². The molecule has 12 heteroatoms. The molecule has 1 aliphatic carbocycles. The van der Waals surface area contributed by atoms with E-state index in [0.29, 0.717) is 25.0 Å². The molecule has 0 spiro atoms. The van der Waals surface area contributed by atoms with E-state index in [4.69, 9.17) is 26.2 Å². The van der Waals surface area contributed by atoms with Crippen LogP contribution in [0.5, 0.6) is 5.75 Å². The number of piperidine rings is 1. The van der Waals surface area contributed by atoms with Crippen LogP contribution < -0.4 is 10.1 Å². The lowest BCUT2D eigenvalue weighted by atomic mass is 9.81. The van der Waals surface area contributed by atoms with E-state index in [-0.39, 0.29) is 34.8 Å². The number of hydrogen-bond donors (Lipinski definition) is 2. The van der Waals surface area contributed by atoms with Gasteiger partial charge in [0.1, 0.15) is 5.54 Å². The van der Waals surface area contributed by atoms with Crippen molar-refractivity contribution in [3.63, 3.8) is 0 Å². The van der Waals surface area contributed by atoms with Crippen molar-refractivity contribution in [3.05, 3.63) is 41.2 Å². The van der Waals surface area contributed by atoms with Crippen molar-refractivity contribution in [1.29, 1.82) is 0 Å². The summed E-state index contributed by atoms with van der Waals surface area (Å²) in [5, 5.41) is 14.5. The summed E-state index contributed by atoms with van der Waals surface area (Å²) in [6.45, 7) is 2.28. The Balaban J connectivity index is 0.00000121. The third-order valence-electron chi connectivity index (χ3n) is 7.04. The molecule has 4 rings (SSSR count). The van der Waals surface area contributed by atoms with Crippen LogP contribution in [0.2, 0.25) is 5.02 Å². The molecule has 204 valence electrons. The Bertz CT molecular complexity index is 1050. The van der Waals surface area contributed by atoms with E-state index in [1.807, 2.05) is 10.7 Å². The van der Waals surface area contributed by atoms with E-state index in [0.717, 1.165) is 31.6 Å². The first-order chi connectivity index (χ1) is 17.6. The van der Waals surface area contributed by atoms with E-state index in [1.54, 1.807) is 13.3 Å². The molecule has 2 heterocycles. The monoisotopic (exact) mass is 542 g/mol. The summed E-state index contributed by atoms with van der Waals surface area (Å²) in [5.41, 5.74) is 0.148. The highest BCUT2D eigenvalue weighted by Gasteiger charge is 2.47. The maximum atomic E-state index is 13.9. The highest BCUT2D eigenvalue weighted by atomic mass is 35.5. The second kappa shape index (κ2) is 12.7. The summed E-state index contributed by atoms with van der Waals surface area (Å²) in [7, 11) is 1.74. The number of nitrogens with zero attached hydrogens (tertiary/aromatic N) is 3. The average molecular weight is 543 g/mol. The van der Waals surface area contributed by atoms with E-state index in [1.165, 1.54) is 18.2 Å². The normalized spacial score (nSPS) is 21.1. The minimum atomic E-state index is -3.04. The van der Waals surface area contributed by atoms with E-state index >= 15 is 0 Å². The predicted octanol–water partition coefficient (Wildman–Crippen LogP) is 4.57. The van der Waals surface area contributed by atoms with E-state index in [2.05, 4.69) is 33.9 Å². The van der Waals surface area contributed by atoms with Crippen LogP contribution in [0.15, 0.2) is 30.5 Å². The standard InChI is InChI=1S/C24H31ClF2N4O3.CH2O2/c1-15(2)20-6-9-28-31(20)24(7-10-30(11-8-24)17-13-18(14-17)33-3)22(32)29-19-5-4-16(25)12-21(19)34-23(26)27;2-1-3/h4-6,9,12,15,17-18,23H,7-8,10-11,13-14H2,1-3H3,(H,29,32);1H,(H,2,3). The predicted molar refractivity (Wildman–Crippen MR) is 134 cm³/mol. The van der Waals surface area contributed by atoms with Crippen molar-refractivity contribution in [3.8, 4) is 5.75 Å². The number of nitrogens with one attached hydrogen (secondary N) is 1. The maximum Gasteiger partial charge on any atom is 0.387 e. The van der Waals surface area contributed by atoms with Crippen LogP contribution in [-0.4, -0.2) is 71.1 Å². The number of hydrogen-bond acceptors (Lipinski definition) is 6. The average Bonchev–Trinajstić information content (AvgIpc) is 3.32. The Morgan fingerprint density at radius 1 is 1.27 bits per heavy atom. The zero-order valence-electron chi connectivity index (χ0n) is 21.1. The van der Waals surface area contributed by atoms with Gasteiger partial charge in [0.25, 0.3) is 12.4 Å². The number of amides is 1. The molecule has 0 atom stereocenters. The Hall–Kier alpha value is -2.76. The van der Waals surface area contributed by atoms with Crippen LogP contribution in [0, 0.1) is 0 Å². The number of benzene rings is 1. The van der Waals surface area contributed by atoms with Crippen molar-refractivity contribution in [2.45, 2.75) is 69.7 Å². The van der Waals surface area contributed by atoms with Crippen LogP contribution >= 0.6 is 11.6 Å². The van der Waals surface area contributed by atoms with Gasteiger partial charge in [-0.2, -0.15) is 13.9 Å². The summed E-state index contributed by atoms with van der Waals surface area (Å²) < 4.78 is 37.8. The Morgan fingerprint density at radius 3 is 2.49 bits per heavy atom. The van der Waals surface area contributed by atoms with Gasteiger partial charge >= 0.3 is 6.61 Å². The molecular weight excluding hydrogens is 510 g/mol. The molecule has 0 radical (unpaired) electrons. The van der Waals surface area contributed by atoms with Crippen LogP contribution in [-0.2, 0) is 19.9 Å². The number of halogens is 3. The zero-order chi connectivity index (χ0) is 27.2. The van der Waals surface area contributed by atoms with Crippen LogP contribution in [0.3, 0.4) is 0 Å². The Morgan fingerprint density at radius 2 is 1.92 bits per heavy atom. The van der Waals surface area contributed by atoms with Crippen molar-refractivity contribution < 1.29 is 33.0 Å². The van der Waals surface area contributed by atoms with Gasteiger partial charge in [-0.15, -0.1) is 0 Å². The van der Waals surface area contributed by atoms with Crippen LogP contribution in [0.1, 0.15) is 51.1 Å². The number of likely N-dealkylation sites (tertiary alicyclic amines) is 1. The first-order valence-corrected chi connectivity index (χ1v) is 12.5. The maximum absolute atomic E-state index is 13.9. The number of methoxy groups -OCH3 is 1. The molecule has 2 aromatic rings. The van der Waals surface area contributed by atoms with Gasteiger partial charge in [0, 0.05) is 49.2 Å². The molecule has 9 nitrogen and oxygen atoms in total. The summed E-state index contributed by atoms with van der Waals surface area (Å²) >= 11 is 5.97. The molecule has 2 aliphatic rings. The van der Waals surface area contributed by atoms with E-state index in [9.17, 15) is 13.6 Å². The fraction of sp³-hybridized carbons (Fsp3) is 0.560. The molecule has 1 amide bonds. The summed E-state index contributed by atoms with van der Waals surface area (Å²) in [4.78, 5) is 24.6. The molecule has 1 saturated heterocycles. The van der Waals surface area contributed by atoms with Gasteiger partial charge in [-0.25, -0.2) is 0 Å². The van der Waals surface area contributed by atoms with Gasteiger partial charge in [0.15, 0.2) is 5.75 Å². The number of aromatic nitrogens is 2. The van der Waals surface area contributed by atoms with Crippen LogP contribution in [0.25, 0.3) is 0 Å². The largest absolute Gasteiger partial charge is 0.483 e. The molecule has 0 bridgehead atoms. The molecule has 0 unspecified atom stereocenters. The first-order valence-electron chi connectivity index (χ1n) is 12.1. The zero-order valence-corrected chi connectivity index (χ0v) is 21.8. The summed E-state index contributed by atoms with van der Waals surface area (Å²) in [6, 6.07) is 6.66. The molecule has 2 fully saturated rings. The van der Waals surface area contributed by atoms with Crippen molar-refractivity contribution in [2.75, 3.05) is 25.5 Å². The second-order valence-electron chi connectivity index (χ2n) is 9.45. The number of carboxylic acid groups (broad SMARTS) is 1. The highest BCUT2D eigenvalue weighted by Crippen LogP contribution is 2.39. The van der Waals surface area contributed by atoms with Crippen molar-refractivity contribution in [1.82, 2.24) is 14.7 Å². The molecule has 1 aliphatic heterocycles. The van der Waals surface area contributed by atoms with Gasteiger partial charge in [-0.1, -0.05) is 25.4 Å². The third-order valence-corrected chi connectivity index (χ3v) is 7.28. The van der Waals surface area contributed by atoms with Gasteiger partial charge in [-0.05, 0) is 49.8 Å². The van der Waals surface area contributed by atoms with Crippen molar-refractivity contribution in [2.24, 2.45) is 0 Å². The van der Waals surface area contributed by atoms with Gasteiger partial charge < -0.3 is 19.9 Å². The van der Waals surface area contributed by atoms with Gasteiger partial charge in [0.2, 0.25) is 0 Å². The van der Waals surface area contributed by atoms with E-state index < -0.39 is 12.2 Å². The number of rotatable bonds is 8. The molecule has 2 N–H and O–H groups in total. The molecule has 37 heavy (non-hydrogen) atoms. The number of carbonyl (C=O) groups is 2. The number of carbonyl (C=O) groups excluding carboxylic acids is 1. The first kappa shape index (κ1) is 28.8. The number of ether oxygens (including phenoxy) is 2. The SMILES string of the molecule is COC1CC(N2CCC(C(=O)Nc3ccc(Cl)cc3OC(F)F)(n3nccc3C(C)C)CC2)C1.O=CO. The van der Waals surface area contributed by atoms with Crippen LogP contribution in [0.4, 0.5) is 14.5 Å². The quantitative estimate of drug-likeness (QED) is 0.471. The molecule has 1 saturated carbocycles. The molecular formula is C25H33ClF2N4O5. The number of anilines is 1. The lowest BCUT2D eigenvalue weighted by Crippen LogP contribution is -2.58. The minimum absolute atomic E-state index is 0.150. The molecule has 1 aromatic heterocycles. The van der Waals surface area contributed by atoms with Gasteiger partial charge in [0.05, 0.1) is 11.8 Å². The summed E-state index contributed by atoms with van der Waals surface area (Å²) in [5.74, 6) is -0.316. The number of alkyl halides is 2. The summed E-state index contributed by atoms with van der Waals surface area (Å²) in [6.07, 6.45) is 5.10. The Kier molecular flexibility index (Phi) is 9.86. The molecule has 1 aromatic carbocycles. The highest BCUT2D eigenvalue weighted by molar-refractivity contribution is 6.30. The fourth-order valence-electron chi connectivity index (χ4n) is 4.96.